The van der Waals surface area contributed by atoms with E-state index in [9.17, 15) is 4.79 Å². The van der Waals surface area contributed by atoms with Crippen LogP contribution in [0.4, 0.5) is 5.13 Å². The Labute approximate surface area is 129 Å². The van der Waals surface area contributed by atoms with Gasteiger partial charge in [-0.15, -0.1) is 11.3 Å². The van der Waals surface area contributed by atoms with Gasteiger partial charge in [0, 0.05) is 24.7 Å². The quantitative estimate of drug-likeness (QED) is 0.799. The Morgan fingerprint density at radius 2 is 1.90 bits per heavy atom. The first kappa shape index (κ1) is 15.4. The third kappa shape index (κ3) is 4.02. The van der Waals surface area contributed by atoms with E-state index in [0.717, 1.165) is 5.56 Å². The van der Waals surface area contributed by atoms with Crippen molar-refractivity contribution >= 4 is 28.5 Å². The van der Waals surface area contributed by atoms with Crippen LogP contribution in [-0.4, -0.2) is 17.9 Å². The van der Waals surface area contributed by atoms with Crippen molar-refractivity contribution in [2.45, 2.75) is 26.2 Å². The molecule has 1 heterocycles. The number of anilines is 1. The Kier molecular flexibility index (Phi) is 4.58. The smallest absolute Gasteiger partial charge is 0.252 e. The van der Waals surface area contributed by atoms with Crippen molar-refractivity contribution in [3.8, 4) is 0 Å². The Morgan fingerprint density at radius 1 is 1.24 bits per heavy atom. The van der Waals surface area contributed by atoms with Gasteiger partial charge in [-0.2, -0.15) is 0 Å². The van der Waals surface area contributed by atoms with E-state index >= 15 is 0 Å². The van der Waals surface area contributed by atoms with Crippen molar-refractivity contribution < 1.29 is 4.79 Å². The van der Waals surface area contributed by atoms with Crippen LogP contribution >= 0.6 is 11.3 Å². The van der Waals surface area contributed by atoms with Crippen LogP contribution < -0.4 is 4.90 Å². The van der Waals surface area contributed by atoms with Crippen molar-refractivity contribution in [2.75, 3.05) is 11.9 Å². The lowest BCUT2D eigenvalue weighted by Gasteiger charge is -2.18. The van der Waals surface area contributed by atoms with Crippen LogP contribution in [0.3, 0.4) is 0 Å². The Balaban J connectivity index is 2.06. The number of hydrogen-bond donors (Lipinski definition) is 0. The number of carbonyl (C=O) groups is 1. The molecule has 0 N–H and O–H groups in total. The summed E-state index contributed by atoms with van der Waals surface area (Å²) >= 11 is 1.45. The highest BCUT2D eigenvalue weighted by Gasteiger charge is 2.12. The van der Waals surface area contributed by atoms with Crippen molar-refractivity contribution in [1.29, 1.82) is 0 Å². The van der Waals surface area contributed by atoms with Crippen LogP contribution in [0.1, 0.15) is 31.9 Å². The molecule has 0 radical (unpaired) electrons. The van der Waals surface area contributed by atoms with Gasteiger partial charge in [0.1, 0.15) is 0 Å². The van der Waals surface area contributed by atoms with E-state index in [1.165, 1.54) is 16.9 Å². The molecule has 0 aliphatic heterocycles. The molecule has 0 spiro atoms. The van der Waals surface area contributed by atoms with E-state index in [-0.39, 0.29) is 11.3 Å². The highest BCUT2D eigenvalue weighted by Crippen LogP contribution is 2.22. The Bertz CT molecular complexity index is 622. The zero-order chi connectivity index (χ0) is 15.5. The lowest BCUT2D eigenvalue weighted by molar-refractivity contribution is -0.113. The second-order valence-electron chi connectivity index (χ2n) is 5.92. The molecular formula is C17H20N2OS. The fourth-order valence-electron chi connectivity index (χ4n) is 1.85. The Hall–Kier alpha value is -1.94. The zero-order valence-corrected chi connectivity index (χ0v) is 13.6. The number of nitrogens with zero attached hydrogens (tertiary/aromatic N) is 2. The van der Waals surface area contributed by atoms with Crippen LogP contribution in [0.15, 0.2) is 41.9 Å². The maximum absolute atomic E-state index is 12.0. The van der Waals surface area contributed by atoms with Crippen LogP contribution in [0.2, 0.25) is 0 Å². The number of hydrogen-bond acceptors (Lipinski definition) is 3. The minimum atomic E-state index is -0.0788. The summed E-state index contributed by atoms with van der Waals surface area (Å²) in [5.74, 6) is -0.0788. The number of likely N-dealkylation sites (N-methyl/N-ethyl adjacent to an activating group) is 1. The van der Waals surface area contributed by atoms with Crippen molar-refractivity contribution in [2.24, 2.45) is 0 Å². The van der Waals surface area contributed by atoms with Gasteiger partial charge in [0.05, 0.1) is 0 Å². The van der Waals surface area contributed by atoms with Crippen molar-refractivity contribution in [3.63, 3.8) is 0 Å². The molecule has 0 saturated heterocycles. The fourth-order valence-corrected chi connectivity index (χ4v) is 2.46. The van der Waals surface area contributed by atoms with Gasteiger partial charge in [0.2, 0.25) is 0 Å². The third-order valence-electron chi connectivity index (χ3n) is 3.23. The summed E-state index contributed by atoms with van der Waals surface area (Å²) in [5.41, 5.74) is 2.44. The SMILES string of the molecule is CN(C(=O)/C=C/c1ccc(C(C)(C)C)cc1)c1nccs1. The van der Waals surface area contributed by atoms with Gasteiger partial charge in [-0.3, -0.25) is 9.69 Å². The molecule has 2 rings (SSSR count). The largest absolute Gasteiger partial charge is 0.288 e. The molecular weight excluding hydrogens is 280 g/mol. The molecule has 0 bridgehead atoms. The highest BCUT2D eigenvalue weighted by molar-refractivity contribution is 7.13. The van der Waals surface area contributed by atoms with E-state index in [1.807, 2.05) is 23.6 Å². The van der Waals surface area contributed by atoms with Gasteiger partial charge in [0.15, 0.2) is 5.13 Å². The molecule has 1 amide bonds. The number of benzene rings is 1. The third-order valence-corrected chi connectivity index (χ3v) is 4.08. The van der Waals surface area contributed by atoms with Gasteiger partial charge >= 0.3 is 0 Å². The van der Waals surface area contributed by atoms with E-state index in [1.54, 1.807) is 24.2 Å². The zero-order valence-electron chi connectivity index (χ0n) is 12.8. The molecule has 0 aliphatic rings. The average Bonchev–Trinajstić information content (AvgIpc) is 2.97. The number of rotatable bonds is 3. The summed E-state index contributed by atoms with van der Waals surface area (Å²) in [6.07, 6.45) is 5.10. The maximum Gasteiger partial charge on any atom is 0.252 e. The average molecular weight is 300 g/mol. The summed E-state index contributed by atoms with van der Waals surface area (Å²) in [6.45, 7) is 6.55. The molecule has 1 aromatic carbocycles. The predicted octanol–water partition coefficient (Wildman–Crippen LogP) is 4.12. The van der Waals surface area contributed by atoms with E-state index in [0.29, 0.717) is 5.13 Å². The molecule has 0 unspecified atom stereocenters. The van der Waals surface area contributed by atoms with E-state index in [4.69, 9.17) is 0 Å². The second-order valence-corrected chi connectivity index (χ2v) is 6.79. The first-order valence-electron chi connectivity index (χ1n) is 6.84. The molecule has 2 aromatic rings. The normalized spacial score (nSPS) is 11.8. The minimum absolute atomic E-state index is 0.0788. The van der Waals surface area contributed by atoms with Crippen molar-refractivity contribution in [3.05, 3.63) is 53.0 Å². The molecule has 1 aromatic heterocycles. The Morgan fingerprint density at radius 3 is 2.43 bits per heavy atom. The highest BCUT2D eigenvalue weighted by atomic mass is 32.1. The van der Waals surface area contributed by atoms with Gasteiger partial charge in [-0.1, -0.05) is 45.0 Å². The summed E-state index contributed by atoms with van der Waals surface area (Å²) in [4.78, 5) is 17.7. The lowest BCUT2D eigenvalue weighted by Crippen LogP contribution is -2.23. The predicted molar refractivity (Wildman–Crippen MR) is 89.7 cm³/mol. The van der Waals surface area contributed by atoms with Crippen molar-refractivity contribution in [1.82, 2.24) is 4.98 Å². The van der Waals surface area contributed by atoms with Gasteiger partial charge in [0.25, 0.3) is 5.91 Å². The molecule has 3 nitrogen and oxygen atoms in total. The summed E-state index contributed by atoms with van der Waals surface area (Å²) in [7, 11) is 1.73. The molecule has 21 heavy (non-hydrogen) atoms. The van der Waals surface area contributed by atoms with Crippen LogP contribution in [0.25, 0.3) is 6.08 Å². The first-order valence-corrected chi connectivity index (χ1v) is 7.72. The van der Waals surface area contributed by atoms with Gasteiger partial charge < -0.3 is 0 Å². The van der Waals surface area contributed by atoms with E-state index < -0.39 is 0 Å². The lowest BCUT2D eigenvalue weighted by atomic mass is 9.87. The molecule has 4 heteroatoms. The van der Waals surface area contributed by atoms with Crippen LogP contribution in [0.5, 0.6) is 0 Å². The number of aromatic nitrogens is 1. The monoisotopic (exact) mass is 300 g/mol. The van der Waals surface area contributed by atoms with Crippen LogP contribution in [-0.2, 0) is 10.2 Å². The standard InChI is InChI=1S/C17H20N2OS/c1-17(2,3)14-8-5-13(6-9-14)7-10-15(20)19(4)16-18-11-12-21-16/h5-12H,1-4H3/b10-7+. The molecule has 110 valence electrons. The molecule has 0 saturated carbocycles. The first-order chi connectivity index (χ1) is 9.88. The number of thiazole rings is 1. The minimum Gasteiger partial charge on any atom is -0.288 e. The number of amides is 1. The van der Waals surface area contributed by atoms with Gasteiger partial charge in [-0.05, 0) is 22.6 Å². The summed E-state index contributed by atoms with van der Waals surface area (Å²) < 4.78 is 0. The fraction of sp³-hybridized carbons (Fsp3) is 0.294. The topological polar surface area (TPSA) is 33.2 Å². The number of carbonyl (C=O) groups excluding carboxylic acids is 1. The van der Waals surface area contributed by atoms with E-state index in [2.05, 4.69) is 37.9 Å². The molecule has 0 aliphatic carbocycles. The molecule has 0 fully saturated rings. The maximum atomic E-state index is 12.0. The summed E-state index contributed by atoms with van der Waals surface area (Å²) in [5, 5.41) is 2.56. The molecule has 0 atom stereocenters. The second kappa shape index (κ2) is 6.22. The van der Waals surface area contributed by atoms with Gasteiger partial charge in [-0.25, -0.2) is 4.98 Å². The summed E-state index contributed by atoms with van der Waals surface area (Å²) in [6, 6.07) is 8.28. The van der Waals surface area contributed by atoms with Crippen LogP contribution in [0, 0.1) is 0 Å².